The predicted molar refractivity (Wildman–Crippen MR) is 84.0 cm³/mol. The van der Waals surface area contributed by atoms with Crippen molar-refractivity contribution in [3.8, 4) is 0 Å². The fourth-order valence-electron chi connectivity index (χ4n) is 2.74. The van der Waals surface area contributed by atoms with Crippen molar-refractivity contribution in [2.75, 3.05) is 27.2 Å². The van der Waals surface area contributed by atoms with Gasteiger partial charge in [-0.05, 0) is 44.5 Å². The summed E-state index contributed by atoms with van der Waals surface area (Å²) in [5.74, 6) is -0.159. The Hall–Kier alpha value is -1.65. The van der Waals surface area contributed by atoms with E-state index in [0.29, 0.717) is 6.42 Å². The standard InChI is InChI=1S/C17H24N2O2/c1-19(2)12-6-10-16(20)18-13-17(21)11-5-8-14-7-3-4-9-15(14)17/h3-4,6-7,9-10,21H,5,8,11-13H2,1-2H3,(H,18,20)/b10-6+. The highest BCUT2D eigenvalue weighted by atomic mass is 16.3. The Kier molecular flexibility index (Phi) is 5.15. The van der Waals surface area contributed by atoms with Crippen molar-refractivity contribution in [1.82, 2.24) is 10.2 Å². The van der Waals surface area contributed by atoms with E-state index in [1.807, 2.05) is 43.3 Å². The van der Waals surface area contributed by atoms with Gasteiger partial charge in [0.15, 0.2) is 0 Å². The minimum atomic E-state index is -0.945. The molecule has 0 saturated carbocycles. The Morgan fingerprint density at radius 1 is 1.43 bits per heavy atom. The first-order valence-corrected chi connectivity index (χ1v) is 7.41. The summed E-state index contributed by atoms with van der Waals surface area (Å²) in [6.45, 7) is 0.982. The lowest BCUT2D eigenvalue weighted by atomic mass is 9.79. The van der Waals surface area contributed by atoms with Crippen LogP contribution in [0.1, 0.15) is 24.0 Å². The van der Waals surface area contributed by atoms with E-state index in [1.165, 1.54) is 11.6 Å². The second-order valence-electron chi connectivity index (χ2n) is 5.92. The van der Waals surface area contributed by atoms with Crippen molar-refractivity contribution in [3.05, 3.63) is 47.5 Å². The van der Waals surface area contributed by atoms with E-state index in [2.05, 4.69) is 11.4 Å². The number of aliphatic hydroxyl groups is 1. The maximum absolute atomic E-state index is 11.8. The highest BCUT2D eigenvalue weighted by Crippen LogP contribution is 2.34. The number of likely N-dealkylation sites (N-methyl/N-ethyl adjacent to an activating group) is 1. The van der Waals surface area contributed by atoms with Crippen molar-refractivity contribution in [1.29, 1.82) is 0 Å². The van der Waals surface area contributed by atoms with Crippen molar-refractivity contribution >= 4 is 5.91 Å². The number of benzene rings is 1. The van der Waals surface area contributed by atoms with Crippen molar-refractivity contribution in [2.45, 2.75) is 24.9 Å². The zero-order valence-electron chi connectivity index (χ0n) is 12.8. The zero-order chi connectivity index (χ0) is 15.3. The molecule has 1 unspecified atom stereocenters. The molecule has 1 amide bonds. The molecule has 1 aliphatic rings. The van der Waals surface area contributed by atoms with E-state index in [1.54, 1.807) is 0 Å². The van der Waals surface area contributed by atoms with Gasteiger partial charge in [-0.1, -0.05) is 30.3 Å². The van der Waals surface area contributed by atoms with Crippen LogP contribution in [0.25, 0.3) is 0 Å². The molecule has 2 N–H and O–H groups in total. The number of hydrogen-bond donors (Lipinski definition) is 2. The van der Waals surface area contributed by atoms with E-state index in [4.69, 9.17) is 0 Å². The van der Waals surface area contributed by atoms with E-state index in [-0.39, 0.29) is 12.5 Å². The SMILES string of the molecule is CN(C)C/C=C/C(=O)NCC1(O)CCCc2ccccc21. The zero-order valence-corrected chi connectivity index (χ0v) is 12.8. The lowest BCUT2D eigenvalue weighted by Crippen LogP contribution is -2.42. The van der Waals surface area contributed by atoms with Crippen LogP contribution in [0.4, 0.5) is 0 Å². The van der Waals surface area contributed by atoms with Crippen LogP contribution in [-0.4, -0.2) is 43.1 Å². The molecule has 2 rings (SSSR count). The molecule has 0 saturated heterocycles. The molecule has 1 atom stereocenters. The summed E-state index contributed by atoms with van der Waals surface area (Å²) in [5, 5.41) is 13.7. The molecule has 0 spiro atoms. The summed E-state index contributed by atoms with van der Waals surface area (Å²) in [5.41, 5.74) is 1.19. The fraction of sp³-hybridized carbons (Fsp3) is 0.471. The third kappa shape index (κ3) is 4.16. The van der Waals surface area contributed by atoms with Crippen LogP contribution in [0.3, 0.4) is 0 Å². The van der Waals surface area contributed by atoms with Gasteiger partial charge in [-0.2, -0.15) is 0 Å². The molecule has 114 valence electrons. The molecule has 0 aliphatic heterocycles. The Morgan fingerprint density at radius 2 is 2.19 bits per heavy atom. The summed E-state index contributed by atoms with van der Waals surface area (Å²) in [4.78, 5) is 13.8. The van der Waals surface area contributed by atoms with Gasteiger partial charge < -0.3 is 15.3 Å². The molecule has 1 aromatic rings. The molecule has 0 radical (unpaired) electrons. The average Bonchev–Trinajstić information content (AvgIpc) is 2.45. The largest absolute Gasteiger partial charge is 0.383 e. The van der Waals surface area contributed by atoms with Gasteiger partial charge in [0.25, 0.3) is 0 Å². The number of hydrogen-bond acceptors (Lipinski definition) is 3. The number of nitrogens with zero attached hydrogens (tertiary/aromatic N) is 1. The number of fused-ring (bicyclic) bond motifs is 1. The molecule has 0 heterocycles. The third-order valence-corrected chi connectivity index (χ3v) is 3.85. The Morgan fingerprint density at radius 3 is 2.95 bits per heavy atom. The van der Waals surface area contributed by atoms with Gasteiger partial charge in [-0.15, -0.1) is 0 Å². The van der Waals surface area contributed by atoms with Crippen molar-refractivity contribution in [2.24, 2.45) is 0 Å². The molecule has 1 aliphatic carbocycles. The van der Waals surface area contributed by atoms with E-state index < -0.39 is 5.60 Å². The van der Waals surface area contributed by atoms with Crippen LogP contribution in [-0.2, 0) is 16.8 Å². The van der Waals surface area contributed by atoms with Gasteiger partial charge in [-0.25, -0.2) is 0 Å². The lowest BCUT2D eigenvalue weighted by molar-refractivity contribution is -0.118. The average molecular weight is 288 g/mol. The molecule has 0 aromatic heterocycles. The number of aryl methyl sites for hydroxylation is 1. The molecule has 0 fully saturated rings. The Balaban J connectivity index is 1.97. The lowest BCUT2D eigenvalue weighted by Gasteiger charge is -2.34. The number of rotatable bonds is 5. The van der Waals surface area contributed by atoms with Crippen LogP contribution in [0.15, 0.2) is 36.4 Å². The van der Waals surface area contributed by atoms with Crippen LogP contribution >= 0.6 is 0 Å². The monoisotopic (exact) mass is 288 g/mol. The first kappa shape index (κ1) is 15.7. The Labute approximate surface area is 126 Å². The predicted octanol–water partition coefficient (Wildman–Crippen LogP) is 1.44. The van der Waals surface area contributed by atoms with Gasteiger partial charge >= 0.3 is 0 Å². The molecular weight excluding hydrogens is 264 g/mol. The van der Waals surface area contributed by atoms with Gasteiger partial charge in [-0.3, -0.25) is 4.79 Å². The van der Waals surface area contributed by atoms with Gasteiger partial charge in [0.2, 0.25) is 5.91 Å². The van der Waals surface area contributed by atoms with Crippen LogP contribution in [0, 0.1) is 0 Å². The highest BCUT2D eigenvalue weighted by molar-refractivity contribution is 5.87. The first-order chi connectivity index (χ1) is 10.0. The molecule has 4 heteroatoms. The normalized spacial score (nSPS) is 21.5. The van der Waals surface area contributed by atoms with Crippen LogP contribution in [0.5, 0.6) is 0 Å². The topological polar surface area (TPSA) is 52.6 Å². The summed E-state index contributed by atoms with van der Waals surface area (Å²) >= 11 is 0. The summed E-state index contributed by atoms with van der Waals surface area (Å²) in [6.07, 6.45) is 5.97. The minimum absolute atomic E-state index is 0.159. The summed E-state index contributed by atoms with van der Waals surface area (Å²) < 4.78 is 0. The molecule has 4 nitrogen and oxygen atoms in total. The van der Waals surface area contributed by atoms with Crippen molar-refractivity contribution in [3.63, 3.8) is 0 Å². The summed E-state index contributed by atoms with van der Waals surface area (Å²) in [7, 11) is 3.90. The van der Waals surface area contributed by atoms with E-state index in [9.17, 15) is 9.90 Å². The number of carbonyl (C=O) groups excluding carboxylic acids is 1. The summed E-state index contributed by atoms with van der Waals surface area (Å²) in [6, 6.07) is 7.95. The van der Waals surface area contributed by atoms with Gasteiger partial charge in [0.1, 0.15) is 5.60 Å². The minimum Gasteiger partial charge on any atom is -0.383 e. The maximum atomic E-state index is 11.8. The van der Waals surface area contributed by atoms with Crippen LogP contribution < -0.4 is 5.32 Å². The smallest absolute Gasteiger partial charge is 0.243 e. The van der Waals surface area contributed by atoms with Gasteiger partial charge in [0.05, 0.1) is 6.54 Å². The quantitative estimate of drug-likeness (QED) is 0.806. The second kappa shape index (κ2) is 6.87. The third-order valence-electron chi connectivity index (χ3n) is 3.85. The van der Waals surface area contributed by atoms with Gasteiger partial charge in [0, 0.05) is 12.6 Å². The molecule has 21 heavy (non-hydrogen) atoms. The number of amides is 1. The maximum Gasteiger partial charge on any atom is 0.243 e. The fourth-order valence-corrected chi connectivity index (χ4v) is 2.74. The number of carbonyl (C=O) groups is 1. The highest BCUT2D eigenvalue weighted by Gasteiger charge is 2.34. The van der Waals surface area contributed by atoms with E-state index >= 15 is 0 Å². The van der Waals surface area contributed by atoms with Crippen molar-refractivity contribution < 1.29 is 9.90 Å². The molecule has 1 aromatic carbocycles. The number of nitrogens with one attached hydrogen (secondary N) is 1. The molecule has 0 bridgehead atoms. The van der Waals surface area contributed by atoms with Crippen LogP contribution in [0.2, 0.25) is 0 Å². The first-order valence-electron chi connectivity index (χ1n) is 7.41. The van der Waals surface area contributed by atoms with E-state index in [0.717, 1.165) is 24.9 Å². The Bertz CT molecular complexity index is 525. The second-order valence-corrected chi connectivity index (χ2v) is 5.92. The molecular formula is C17H24N2O2.